The van der Waals surface area contributed by atoms with E-state index >= 15 is 0 Å². The second kappa shape index (κ2) is 5.51. The molecule has 20 heavy (non-hydrogen) atoms. The Labute approximate surface area is 122 Å². The molecule has 0 amide bonds. The molecule has 1 N–H and O–H groups in total. The van der Waals surface area contributed by atoms with Crippen molar-refractivity contribution in [2.75, 3.05) is 0 Å². The maximum absolute atomic E-state index is 11.3. The Morgan fingerprint density at radius 2 is 1.90 bits per heavy atom. The van der Waals surface area contributed by atoms with Gasteiger partial charge in [-0.25, -0.2) is 9.78 Å². The number of hydrogen-bond donors (Lipinski definition) is 1. The van der Waals surface area contributed by atoms with Crippen molar-refractivity contribution in [1.82, 2.24) is 4.98 Å². The first-order valence-electron chi connectivity index (χ1n) is 6.04. The van der Waals surface area contributed by atoms with Crippen LogP contribution in [0.5, 0.6) is 11.6 Å². The summed E-state index contributed by atoms with van der Waals surface area (Å²) in [5.74, 6) is -0.484. The topological polar surface area (TPSA) is 59.4 Å². The molecule has 0 aliphatic carbocycles. The highest BCUT2D eigenvalue weighted by molar-refractivity contribution is 6.30. The van der Waals surface area contributed by atoms with Crippen LogP contribution in [0.25, 0.3) is 0 Å². The van der Waals surface area contributed by atoms with Gasteiger partial charge in [0, 0.05) is 10.7 Å². The van der Waals surface area contributed by atoms with Crippen LogP contribution in [0.2, 0.25) is 5.02 Å². The smallest absolute Gasteiger partial charge is 0.341 e. The normalized spacial score (nSPS) is 10.4. The van der Waals surface area contributed by atoms with Gasteiger partial charge in [0.05, 0.1) is 0 Å². The maximum atomic E-state index is 11.3. The van der Waals surface area contributed by atoms with Crippen LogP contribution in [-0.2, 0) is 0 Å². The second-order valence-corrected chi connectivity index (χ2v) is 5.01. The third-order valence-electron chi connectivity index (χ3n) is 2.88. The van der Waals surface area contributed by atoms with Crippen molar-refractivity contribution < 1.29 is 14.6 Å². The van der Waals surface area contributed by atoms with E-state index in [0.717, 1.165) is 5.56 Å². The first-order chi connectivity index (χ1) is 9.38. The summed E-state index contributed by atoms with van der Waals surface area (Å²) < 4.78 is 5.67. The van der Waals surface area contributed by atoms with Crippen molar-refractivity contribution in [3.63, 3.8) is 0 Å². The summed E-state index contributed by atoms with van der Waals surface area (Å²) in [7, 11) is 0. The minimum atomic E-state index is -1.07. The summed E-state index contributed by atoms with van der Waals surface area (Å²) >= 11 is 5.93. The number of carboxylic acids is 1. The third-order valence-corrected chi connectivity index (χ3v) is 3.12. The lowest BCUT2D eigenvalue weighted by Crippen LogP contribution is -2.06. The number of carboxylic acid groups (broad SMARTS) is 1. The van der Waals surface area contributed by atoms with E-state index in [0.29, 0.717) is 22.0 Å². The van der Waals surface area contributed by atoms with Gasteiger partial charge in [-0.2, -0.15) is 0 Å². The molecular formula is C15H14ClNO3. The van der Waals surface area contributed by atoms with E-state index in [1.54, 1.807) is 38.1 Å². The fourth-order valence-electron chi connectivity index (χ4n) is 1.92. The Bertz CT molecular complexity index is 683. The average molecular weight is 292 g/mol. The van der Waals surface area contributed by atoms with E-state index in [9.17, 15) is 9.90 Å². The van der Waals surface area contributed by atoms with E-state index in [-0.39, 0.29) is 11.4 Å². The summed E-state index contributed by atoms with van der Waals surface area (Å²) in [4.78, 5) is 15.5. The number of hydrogen-bond acceptors (Lipinski definition) is 3. The molecule has 0 aliphatic rings. The molecule has 2 aromatic rings. The average Bonchev–Trinajstić information content (AvgIpc) is 2.32. The zero-order chi connectivity index (χ0) is 14.9. The van der Waals surface area contributed by atoms with E-state index in [1.807, 2.05) is 6.92 Å². The van der Waals surface area contributed by atoms with Crippen LogP contribution in [0.15, 0.2) is 24.3 Å². The molecule has 5 heteroatoms. The number of benzene rings is 1. The van der Waals surface area contributed by atoms with E-state index < -0.39 is 5.97 Å². The standard InChI is InChI=1S/C15H14ClNO3/c1-8-4-5-11(16)7-12(8)20-14-13(15(18)19)9(2)6-10(3)17-14/h4-7H,1-3H3,(H,18,19). The fourth-order valence-corrected chi connectivity index (χ4v) is 2.09. The van der Waals surface area contributed by atoms with Crippen molar-refractivity contribution >= 4 is 17.6 Å². The van der Waals surface area contributed by atoms with E-state index in [4.69, 9.17) is 16.3 Å². The number of aryl methyl sites for hydroxylation is 3. The minimum Gasteiger partial charge on any atom is -0.477 e. The highest BCUT2D eigenvalue weighted by atomic mass is 35.5. The van der Waals surface area contributed by atoms with E-state index in [2.05, 4.69) is 4.98 Å². The van der Waals surface area contributed by atoms with Gasteiger partial charge >= 0.3 is 5.97 Å². The van der Waals surface area contributed by atoms with Crippen molar-refractivity contribution in [1.29, 1.82) is 0 Å². The predicted molar refractivity (Wildman–Crippen MR) is 76.9 cm³/mol. The van der Waals surface area contributed by atoms with Crippen molar-refractivity contribution in [3.8, 4) is 11.6 Å². The van der Waals surface area contributed by atoms with Gasteiger partial charge in [-0.05, 0) is 50.1 Å². The highest BCUT2D eigenvalue weighted by Crippen LogP contribution is 2.30. The van der Waals surface area contributed by atoms with Gasteiger partial charge in [0.15, 0.2) is 0 Å². The SMILES string of the molecule is Cc1cc(C)c(C(=O)O)c(Oc2cc(Cl)ccc2C)n1. The molecule has 0 fully saturated rings. The summed E-state index contributed by atoms with van der Waals surface area (Å²) in [5, 5.41) is 9.81. The maximum Gasteiger partial charge on any atom is 0.341 e. The number of carbonyl (C=O) groups is 1. The van der Waals surface area contributed by atoms with Gasteiger partial charge in [0.2, 0.25) is 5.88 Å². The predicted octanol–water partition coefficient (Wildman–Crippen LogP) is 4.15. The number of ether oxygens (including phenoxy) is 1. The van der Waals surface area contributed by atoms with Gasteiger partial charge in [0.25, 0.3) is 0 Å². The van der Waals surface area contributed by atoms with Crippen molar-refractivity contribution in [2.24, 2.45) is 0 Å². The first kappa shape index (κ1) is 14.3. The monoisotopic (exact) mass is 291 g/mol. The lowest BCUT2D eigenvalue weighted by molar-refractivity contribution is 0.0692. The highest BCUT2D eigenvalue weighted by Gasteiger charge is 2.18. The van der Waals surface area contributed by atoms with Crippen LogP contribution in [-0.4, -0.2) is 16.1 Å². The van der Waals surface area contributed by atoms with Crippen LogP contribution < -0.4 is 4.74 Å². The summed E-state index contributed by atoms with van der Waals surface area (Å²) in [6.07, 6.45) is 0. The molecule has 0 radical (unpaired) electrons. The lowest BCUT2D eigenvalue weighted by atomic mass is 10.1. The van der Waals surface area contributed by atoms with Crippen LogP contribution in [0.3, 0.4) is 0 Å². The molecule has 0 saturated heterocycles. The molecule has 1 aromatic carbocycles. The van der Waals surface area contributed by atoms with Gasteiger partial charge in [-0.1, -0.05) is 17.7 Å². The Morgan fingerprint density at radius 1 is 1.20 bits per heavy atom. The molecular weight excluding hydrogens is 278 g/mol. The molecule has 0 bridgehead atoms. The number of rotatable bonds is 3. The lowest BCUT2D eigenvalue weighted by Gasteiger charge is -2.12. The van der Waals surface area contributed by atoms with Gasteiger partial charge in [-0.3, -0.25) is 0 Å². The number of nitrogens with zero attached hydrogens (tertiary/aromatic N) is 1. The molecule has 2 rings (SSSR count). The van der Waals surface area contributed by atoms with Crippen LogP contribution in [0.4, 0.5) is 0 Å². The molecule has 0 aliphatic heterocycles. The molecule has 0 spiro atoms. The first-order valence-corrected chi connectivity index (χ1v) is 6.42. The van der Waals surface area contributed by atoms with Crippen LogP contribution >= 0.6 is 11.6 Å². The minimum absolute atomic E-state index is 0.0648. The summed E-state index contributed by atoms with van der Waals surface area (Å²) in [6, 6.07) is 6.90. The van der Waals surface area contributed by atoms with Crippen molar-refractivity contribution in [2.45, 2.75) is 20.8 Å². The van der Waals surface area contributed by atoms with Gasteiger partial charge in [-0.15, -0.1) is 0 Å². The second-order valence-electron chi connectivity index (χ2n) is 4.58. The Balaban J connectivity index is 2.53. The van der Waals surface area contributed by atoms with E-state index in [1.165, 1.54) is 0 Å². The molecule has 0 atom stereocenters. The summed E-state index contributed by atoms with van der Waals surface area (Å²) in [6.45, 7) is 5.36. The molecule has 1 aromatic heterocycles. The number of aromatic nitrogens is 1. The Hall–Kier alpha value is -2.07. The molecule has 1 heterocycles. The van der Waals surface area contributed by atoms with Gasteiger partial charge in [0.1, 0.15) is 11.3 Å². The molecule has 0 unspecified atom stereocenters. The van der Waals surface area contributed by atoms with Gasteiger partial charge < -0.3 is 9.84 Å². The quantitative estimate of drug-likeness (QED) is 0.923. The zero-order valence-electron chi connectivity index (χ0n) is 11.4. The third kappa shape index (κ3) is 2.91. The van der Waals surface area contributed by atoms with Crippen LogP contribution in [0, 0.1) is 20.8 Å². The molecule has 104 valence electrons. The number of halogens is 1. The Morgan fingerprint density at radius 3 is 2.55 bits per heavy atom. The molecule has 0 saturated carbocycles. The number of pyridine rings is 1. The number of aromatic carboxylic acids is 1. The molecule has 4 nitrogen and oxygen atoms in total. The largest absolute Gasteiger partial charge is 0.477 e. The zero-order valence-corrected chi connectivity index (χ0v) is 12.2. The van der Waals surface area contributed by atoms with Crippen LogP contribution in [0.1, 0.15) is 27.2 Å². The van der Waals surface area contributed by atoms with Crippen molar-refractivity contribution in [3.05, 3.63) is 51.7 Å². The Kier molecular flexibility index (Phi) is 3.95. The summed E-state index contributed by atoms with van der Waals surface area (Å²) in [5.41, 5.74) is 2.23. The fraction of sp³-hybridized carbons (Fsp3) is 0.200.